The number of hydrogen-bond donors (Lipinski definition) is 0. The third-order valence-corrected chi connectivity index (χ3v) is 3.93. The van der Waals surface area contributed by atoms with Gasteiger partial charge in [-0.2, -0.15) is 4.39 Å². The van der Waals surface area contributed by atoms with Gasteiger partial charge in [-0.1, -0.05) is 30.0 Å². The Kier molecular flexibility index (Phi) is 4.99. The van der Waals surface area contributed by atoms with Crippen LogP contribution in [0.5, 0.6) is 5.75 Å². The third-order valence-electron chi connectivity index (χ3n) is 3.93. The first-order chi connectivity index (χ1) is 12.5. The Morgan fingerprint density at radius 1 is 0.808 bits per heavy atom. The Morgan fingerprint density at radius 3 is 2.19 bits per heavy atom. The van der Waals surface area contributed by atoms with Crippen LogP contribution in [0.15, 0.2) is 54.6 Å². The van der Waals surface area contributed by atoms with Gasteiger partial charge in [-0.15, -0.1) is 0 Å². The molecule has 0 saturated carbocycles. The number of hydrogen-bond acceptors (Lipinski definition) is 1. The molecule has 0 amide bonds. The number of methoxy groups -OCH3 is 1. The summed E-state index contributed by atoms with van der Waals surface area (Å²) in [5, 5.41) is 0. The minimum absolute atomic E-state index is 0.132. The molecule has 0 fully saturated rings. The van der Waals surface area contributed by atoms with E-state index in [4.69, 9.17) is 4.74 Å². The maximum atomic E-state index is 14.2. The predicted molar refractivity (Wildman–Crippen MR) is 95.5 cm³/mol. The second-order valence-electron chi connectivity index (χ2n) is 5.75. The lowest BCUT2D eigenvalue weighted by atomic mass is 10.0. The largest absolute Gasteiger partial charge is 0.494 e. The average molecular weight is 352 g/mol. The minimum Gasteiger partial charge on any atom is -0.494 e. The molecule has 0 N–H and O–H groups in total. The molecule has 1 nitrogen and oxygen atoms in total. The topological polar surface area (TPSA) is 9.23 Å². The van der Waals surface area contributed by atoms with E-state index in [0.29, 0.717) is 16.7 Å². The van der Waals surface area contributed by atoms with E-state index in [-0.39, 0.29) is 17.1 Å². The fourth-order valence-electron chi connectivity index (χ4n) is 2.51. The first kappa shape index (κ1) is 17.6. The van der Waals surface area contributed by atoms with Crippen molar-refractivity contribution in [3.05, 3.63) is 88.7 Å². The molecule has 0 aliphatic rings. The molecule has 26 heavy (non-hydrogen) atoms. The Labute approximate surface area is 150 Å². The van der Waals surface area contributed by atoms with Crippen LogP contribution in [0.1, 0.15) is 16.7 Å². The number of ether oxygens (including phenoxy) is 1. The number of rotatable bonds is 2. The Morgan fingerprint density at radius 2 is 1.54 bits per heavy atom. The van der Waals surface area contributed by atoms with Crippen LogP contribution in [0.4, 0.5) is 13.2 Å². The molecule has 3 aromatic rings. The molecule has 0 aromatic heterocycles. The van der Waals surface area contributed by atoms with Gasteiger partial charge in [0.1, 0.15) is 5.82 Å². The van der Waals surface area contributed by atoms with E-state index in [0.717, 1.165) is 5.56 Å². The summed E-state index contributed by atoms with van der Waals surface area (Å²) in [7, 11) is 1.28. The smallest absolute Gasteiger partial charge is 0.201 e. The van der Waals surface area contributed by atoms with Gasteiger partial charge in [0.2, 0.25) is 5.82 Å². The summed E-state index contributed by atoms with van der Waals surface area (Å²) < 4.78 is 46.6. The molecule has 0 spiro atoms. The van der Waals surface area contributed by atoms with E-state index in [1.54, 1.807) is 43.3 Å². The summed E-state index contributed by atoms with van der Waals surface area (Å²) in [5.41, 5.74) is 2.42. The summed E-state index contributed by atoms with van der Waals surface area (Å²) in [6.45, 7) is 1.81. The first-order valence-electron chi connectivity index (χ1n) is 7.90. The molecule has 3 aromatic carbocycles. The Balaban J connectivity index is 1.88. The highest BCUT2D eigenvalue weighted by Gasteiger charge is 2.14. The van der Waals surface area contributed by atoms with E-state index >= 15 is 0 Å². The van der Waals surface area contributed by atoms with Crippen LogP contribution in [0.25, 0.3) is 11.1 Å². The van der Waals surface area contributed by atoms with Crippen molar-refractivity contribution in [3.8, 4) is 28.7 Å². The second kappa shape index (κ2) is 7.37. The van der Waals surface area contributed by atoms with Crippen molar-refractivity contribution in [2.45, 2.75) is 6.92 Å². The number of benzene rings is 3. The molecular weight excluding hydrogens is 337 g/mol. The summed E-state index contributed by atoms with van der Waals surface area (Å²) >= 11 is 0. The lowest BCUT2D eigenvalue weighted by Crippen LogP contribution is -1.95. The van der Waals surface area contributed by atoms with Gasteiger partial charge >= 0.3 is 0 Å². The highest BCUT2D eigenvalue weighted by Crippen LogP contribution is 2.29. The van der Waals surface area contributed by atoms with Gasteiger partial charge in [-0.25, -0.2) is 8.78 Å². The summed E-state index contributed by atoms with van der Waals surface area (Å²) in [5.74, 6) is 3.13. The van der Waals surface area contributed by atoms with Gasteiger partial charge in [-0.3, -0.25) is 0 Å². The molecular formula is C22H15F3O. The molecule has 0 aliphatic heterocycles. The predicted octanol–water partition coefficient (Wildman–Crippen LogP) is 5.49. The molecule has 4 heteroatoms. The normalized spacial score (nSPS) is 10.2. The standard InChI is InChI=1S/C22H15F3O/c1-14-3-7-17(19(23)13-14)10-6-15-4-8-16(9-5-15)18-11-12-20(26-2)22(25)21(18)24/h3-5,7-9,11-13H,1-2H3. The van der Waals surface area contributed by atoms with Crippen molar-refractivity contribution < 1.29 is 17.9 Å². The van der Waals surface area contributed by atoms with Crippen LogP contribution in [0.2, 0.25) is 0 Å². The van der Waals surface area contributed by atoms with E-state index in [9.17, 15) is 13.2 Å². The molecule has 3 rings (SSSR count). The average Bonchev–Trinajstić information content (AvgIpc) is 2.64. The molecule has 0 radical (unpaired) electrons. The van der Waals surface area contributed by atoms with Gasteiger partial charge in [0.05, 0.1) is 12.7 Å². The molecule has 0 bridgehead atoms. The highest BCUT2D eigenvalue weighted by atomic mass is 19.2. The van der Waals surface area contributed by atoms with Gasteiger partial charge in [-0.05, 0) is 54.4 Å². The summed E-state index contributed by atoms with van der Waals surface area (Å²) in [6.07, 6.45) is 0. The third kappa shape index (κ3) is 3.57. The van der Waals surface area contributed by atoms with Crippen LogP contribution < -0.4 is 4.74 Å². The second-order valence-corrected chi connectivity index (χ2v) is 5.75. The number of halogens is 3. The molecule has 0 unspecified atom stereocenters. The minimum atomic E-state index is -1.02. The van der Waals surface area contributed by atoms with E-state index < -0.39 is 11.6 Å². The summed E-state index contributed by atoms with van der Waals surface area (Å²) in [4.78, 5) is 0. The van der Waals surface area contributed by atoms with Crippen LogP contribution in [-0.2, 0) is 0 Å². The van der Waals surface area contributed by atoms with Crippen LogP contribution in [-0.4, -0.2) is 7.11 Å². The molecule has 130 valence electrons. The highest BCUT2D eigenvalue weighted by molar-refractivity contribution is 5.66. The van der Waals surface area contributed by atoms with E-state index in [2.05, 4.69) is 11.8 Å². The number of aryl methyl sites for hydroxylation is 1. The molecule has 0 atom stereocenters. The van der Waals surface area contributed by atoms with Crippen molar-refractivity contribution >= 4 is 0 Å². The van der Waals surface area contributed by atoms with E-state index in [1.807, 2.05) is 0 Å². The lowest BCUT2D eigenvalue weighted by molar-refractivity contribution is 0.372. The van der Waals surface area contributed by atoms with Crippen molar-refractivity contribution in [3.63, 3.8) is 0 Å². The zero-order chi connectivity index (χ0) is 18.7. The fraction of sp³-hybridized carbons (Fsp3) is 0.0909. The maximum absolute atomic E-state index is 14.2. The molecule has 0 heterocycles. The quantitative estimate of drug-likeness (QED) is 0.554. The Hall–Kier alpha value is -3.19. The first-order valence-corrected chi connectivity index (χ1v) is 7.90. The van der Waals surface area contributed by atoms with Crippen LogP contribution >= 0.6 is 0 Å². The van der Waals surface area contributed by atoms with Gasteiger partial charge in [0.15, 0.2) is 11.6 Å². The van der Waals surface area contributed by atoms with Gasteiger partial charge in [0, 0.05) is 11.1 Å². The van der Waals surface area contributed by atoms with Gasteiger partial charge in [0.25, 0.3) is 0 Å². The van der Waals surface area contributed by atoms with Crippen LogP contribution in [0, 0.1) is 36.2 Å². The maximum Gasteiger partial charge on any atom is 0.201 e. The monoisotopic (exact) mass is 352 g/mol. The zero-order valence-corrected chi connectivity index (χ0v) is 14.2. The van der Waals surface area contributed by atoms with E-state index in [1.165, 1.54) is 25.3 Å². The SMILES string of the molecule is COc1ccc(-c2ccc(C#Cc3ccc(C)cc3F)cc2)c(F)c1F. The Bertz CT molecular complexity index is 1010. The molecule has 0 aliphatic carbocycles. The van der Waals surface area contributed by atoms with Crippen LogP contribution in [0.3, 0.4) is 0 Å². The van der Waals surface area contributed by atoms with Gasteiger partial charge < -0.3 is 4.74 Å². The van der Waals surface area contributed by atoms with Crippen molar-refractivity contribution in [1.29, 1.82) is 0 Å². The van der Waals surface area contributed by atoms with Crippen molar-refractivity contribution in [1.82, 2.24) is 0 Å². The fourth-order valence-corrected chi connectivity index (χ4v) is 2.51. The lowest BCUT2D eigenvalue weighted by Gasteiger charge is -2.08. The van der Waals surface area contributed by atoms with Crippen molar-refractivity contribution in [2.24, 2.45) is 0 Å². The zero-order valence-electron chi connectivity index (χ0n) is 14.2. The summed E-state index contributed by atoms with van der Waals surface area (Å²) in [6, 6.07) is 14.3. The molecule has 0 saturated heterocycles. The van der Waals surface area contributed by atoms with Crippen molar-refractivity contribution in [2.75, 3.05) is 7.11 Å².